The van der Waals surface area contributed by atoms with Gasteiger partial charge in [0.25, 0.3) is 0 Å². The van der Waals surface area contributed by atoms with E-state index in [0.29, 0.717) is 0 Å². The molecule has 0 amide bonds. The van der Waals surface area contributed by atoms with Crippen LogP contribution in [0.2, 0.25) is 5.02 Å². The fourth-order valence-corrected chi connectivity index (χ4v) is 3.32. The Morgan fingerprint density at radius 1 is 1.13 bits per heavy atom. The van der Waals surface area contributed by atoms with Gasteiger partial charge in [0.15, 0.2) is 0 Å². The van der Waals surface area contributed by atoms with E-state index in [1.165, 1.54) is 36.2 Å². The van der Waals surface area contributed by atoms with E-state index in [0.717, 1.165) is 23.9 Å². The van der Waals surface area contributed by atoms with Crippen LogP contribution in [0.1, 0.15) is 24.5 Å². The highest BCUT2D eigenvalue weighted by Gasteiger charge is 2.17. The molecule has 2 aromatic carbocycles. The largest absolute Gasteiger partial charge is 0.299 e. The second kappa shape index (κ2) is 7.81. The van der Waals surface area contributed by atoms with Crippen LogP contribution in [0.15, 0.2) is 60.7 Å². The maximum Gasteiger partial charge on any atom is 0.0406 e. The SMILES string of the molecule is CC1CCN(C/C=C(\Cc2ccc(Cl)cc2)c2ccccc2)C1. The second-order valence-electron chi connectivity index (χ2n) is 6.55. The summed E-state index contributed by atoms with van der Waals surface area (Å²) >= 11 is 6.00. The van der Waals surface area contributed by atoms with Crippen molar-refractivity contribution in [3.8, 4) is 0 Å². The predicted octanol–water partition coefficient (Wildman–Crippen LogP) is 5.31. The molecule has 1 fully saturated rings. The topological polar surface area (TPSA) is 3.24 Å². The maximum absolute atomic E-state index is 6.00. The van der Waals surface area contributed by atoms with Crippen molar-refractivity contribution in [2.75, 3.05) is 19.6 Å². The molecule has 1 nitrogen and oxygen atoms in total. The molecule has 1 saturated heterocycles. The molecule has 1 heterocycles. The fourth-order valence-electron chi connectivity index (χ4n) is 3.20. The van der Waals surface area contributed by atoms with E-state index < -0.39 is 0 Å². The van der Waals surface area contributed by atoms with Crippen molar-refractivity contribution in [1.82, 2.24) is 4.90 Å². The van der Waals surface area contributed by atoms with Crippen LogP contribution in [0.4, 0.5) is 0 Å². The summed E-state index contributed by atoms with van der Waals surface area (Å²) in [7, 11) is 0. The number of hydrogen-bond donors (Lipinski definition) is 0. The molecule has 1 unspecified atom stereocenters. The smallest absolute Gasteiger partial charge is 0.0406 e. The van der Waals surface area contributed by atoms with E-state index in [1.807, 2.05) is 12.1 Å². The minimum absolute atomic E-state index is 0.796. The van der Waals surface area contributed by atoms with Crippen LogP contribution in [0.25, 0.3) is 5.57 Å². The lowest BCUT2D eigenvalue weighted by Crippen LogP contribution is -2.20. The summed E-state index contributed by atoms with van der Waals surface area (Å²) in [6.07, 6.45) is 4.68. The minimum atomic E-state index is 0.796. The zero-order valence-corrected chi connectivity index (χ0v) is 14.5. The molecule has 0 spiro atoms. The van der Waals surface area contributed by atoms with Gasteiger partial charge in [0.2, 0.25) is 0 Å². The summed E-state index contributed by atoms with van der Waals surface area (Å²) in [6.45, 7) is 5.83. The van der Waals surface area contributed by atoms with E-state index in [4.69, 9.17) is 11.6 Å². The van der Waals surface area contributed by atoms with Crippen molar-refractivity contribution in [2.45, 2.75) is 19.8 Å². The highest BCUT2D eigenvalue weighted by atomic mass is 35.5. The Balaban J connectivity index is 1.77. The molecule has 2 aromatic rings. The number of likely N-dealkylation sites (tertiary alicyclic amines) is 1. The Labute approximate surface area is 144 Å². The van der Waals surface area contributed by atoms with Gasteiger partial charge in [-0.05, 0) is 54.1 Å². The van der Waals surface area contributed by atoms with E-state index >= 15 is 0 Å². The van der Waals surface area contributed by atoms with Crippen molar-refractivity contribution >= 4 is 17.2 Å². The number of halogens is 1. The number of hydrogen-bond acceptors (Lipinski definition) is 1. The summed E-state index contributed by atoms with van der Waals surface area (Å²) in [5, 5.41) is 0.796. The molecule has 0 N–H and O–H groups in total. The van der Waals surface area contributed by atoms with E-state index in [1.54, 1.807) is 0 Å². The van der Waals surface area contributed by atoms with Gasteiger partial charge in [-0.25, -0.2) is 0 Å². The molecule has 1 aliphatic heterocycles. The molecular weight excluding hydrogens is 302 g/mol. The van der Waals surface area contributed by atoms with Crippen LogP contribution < -0.4 is 0 Å². The number of nitrogens with zero attached hydrogens (tertiary/aromatic N) is 1. The van der Waals surface area contributed by atoms with Crippen molar-refractivity contribution in [3.63, 3.8) is 0 Å². The molecule has 0 saturated carbocycles. The maximum atomic E-state index is 6.00. The highest BCUT2D eigenvalue weighted by molar-refractivity contribution is 6.30. The van der Waals surface area contributed by atoms with Crippen LogP contribution in [0.3, 0.4) is 0 Å². The molecule has 23 heavy (non-hydrogen) atoms. The number of rotatable bonds is 5. The van der Waals surface area contributed by atoms with Gasteiger partial charge in [0.1, 0.15) is 0 Å². The van der Waals surface area contributed by atoms with Gasteiger partial charge in [-0.2, -0.15) is 0 Å². The number of allylic oxidation sites excluding steroid dienone is 1. The van der Waals surface area contributed by atoms with Crippen LogP contribution >= 0.6 is 11.6 Å². The fraction of sp³-hybridized carbons (Fsp3) is 0.333. The third-order valence-electron chi connectivity index (χ3n) is 4.56. The Hall–Kier alpha value is -1.57. The van der Waals surface area contributed by atoms with Crippen molar-refractivity contribution in [2.24, 2.45) is 5.92 Å². The molecule has 2 heteroatoms. The van der Waals surface area contributed by atoms with Crippen LogP contribution in [-0.2, 0) is 6.42 Å². The Morgan fingerprint density at radius 2 is 1.87 bits per heavy atom. The predicted molar refractivity (Wildman–Crippen MR) is 99.8 cm³/mol. The van der Waals surface area contributed by atoms with Crippen LogP contribution in [0, 0.1) is 5.92 Å². The van der Waals surface area contributed by atoms with Crippen molar-refractivity contribution < 1.29 is 0 Å². The first kappa shape index (κ1) is 16.3. The first-order chi connectivity index (χ1) is 11.2. The zero-order chi connectivity index (χ0) is 16.1. The summed E-state index contributed by atoms with van der Waals surface area (Å²) in [4.78, 5) is 2.55. The average Bonchev–Trinajstić information content (AvgIpc) is 2.99. The van der Waals surface area contributed by atoms with E-state index in [9.17, 15) is 0 Å². The summed E-state index contributed by atoms with van der Waals surface area (Å²) in [6, 6.07) is 18.9. The molecule has 0 aliphatic carbocycles. The lowest BCUT2D eigenvalue weighted by molar-refractivity contribution is 0.364. The molecule has 120 valence electrons. The molecule has 0 radical (unpaired) electrons. The lowest BCUT2D eigenvalue weighted by atomic mass is 9.98. The second-order valence-corrected chi connectivity index (χ2v) is 6.99. The van der Waals surface area contributed by atoms with Gasteiger partial charge in [0, 0.05) is 18.1 Å². The van der Waals surface area contributed by atoms with Gasteiger partial charge >= 0.3 is 0 Å². The third-order valence-corrected chi connectivity index (χ3v) is 4.81. The molecule has 3 rings (SSSR count). The summed E-state index contributed by atoms with van der Waals surface area (Å²) in [5.41, 5.74) is 4.02. The molecular formula is C21H24ClN. The molecule has 0 aromatic heterocycles. The standard InChI is InChI=1S/C21H24ClN/c1-17-11-13-23(16-17)14-12-20(19-5-3-2-4-6-19)15-18-7-9-21(22)10-8-18/h2-10,12,17H,11,13-16H2,1H3/b20-12+. The van der Waals surface area contributed by atoms with Gasteiger partial charge in [-0.1, -0.05) is 67.1 Å². The zero-order valence-electron chi connectivity index (χ0n) is 13.7. The van der Waals surface area contributed by atoms with Crippen molar-refractivity contribution in [3.05, 3.63) is 76.8 Å². The Kier molecular flexibility index (Phi) is 5.53. The quantitative estimate of drug-likeness (QED) is 0.720. The molecule has 0 bridgehead atoms. The van der Waals surface area contributed by atoms with Crippen LogP contribution in [0.5, 0.6) is 0 Å². The lowest BCUT2D eigenvalue weighted by Gasteiger charge is -2.15. The highest BCUT2D eigenvalue weighted by Crippen LogP contribution is 2.22. The summed E-state index contributed by atoms with van der Waals surface area (Å²) in [5.74, 6) is 0.833. The first-order valence-corrected chi connectivity index (χ1v) is 8.80. The normalized spacial score (nSPS) is 19.2. The van der Waals surface area contributed by atoms with Gasteiger partial charge < -0.3 is 0 Å². The molecule has 1 atom stereocenters. The monoisotopic (exact) mass is 325 g/mol. The van der Waals surface area contributed by atoms with E-state index in [-0.39, 0.29) is 0 Å². The first-order valence-electron chi connectivity index (χ1n) is 8.42. The van der Waals surface area contributed by atoms with Crippen LogP contribution in [-0.4, -0.2) is 24.5 Å². The Morgan fingerprint density at radius 3 is 2.52 bits per heavy atom. The summed E-state index contributed by atoms with van der Waals surface area (Å²) < 4.78 is 0. The van der Waals surface area contributed by atoms with Gasteiger partial charge in [-0.3, -0.25) is 4.90 Å². The van der Waals surface area contributed by atoms with Gasteiger partial charge in [0.05, 0.1) is 0 Å². The van der Waals surface area contributed by atoms with E-state index in [2.05, 4.69) is 60.4 Å². The minimum Gasteiger partial charge on any atom is -0.299 e. The van der Waals surface area contributed by atoms with Crippen molar-refractivity contribution in [1.29, 1.82) is 0 Å². The third kappa shape index (κ3) is 4.70. The van der Waals surface area contributed by atoms with Gasteiger partial charge in [-0.15, -0.1) is 0 Å². The number of benzene rings is 2. The Bertz CT molecular complexity index is 645. The average molecular weight is 326 g/mol. The molecule has 1 aliphatic rings.